The first-order valence-electron chi connectivity index (χ1n) is 7.75. The number of carbonyl (C=O) groups excluding carboxylic acids is 1. The van der Waals surface area contributed by atoms with E-state index >= 15 is 0 Å². The van der Waals surface area contributed by atoms with Crippen molar-refractivity contribution in [3.63, 3.8) is 0 Å². The summed E-state index contributed by atoms with van der Waals surface area (Å²) in [6.45, 7) is 5.21. The monoisotopic (exact) mass is 306 g/mol. The minimum atomic E-state index is -0.181. The van der Waals surface area contributed by atoms with Crippen LogP contribution in [-0.4, -0.2) is 35.5 Å². The van der Waals surface area contributed by atoms with Crippen molar-refractivity contribution in [2.24, 2.45) is 5.92 Å². The van der Waals surface area contributed by atoms with Gasteiger partial charge in [-0.15, -0.1) is 0 Å². The highest BCUT2D eigenvalue weighted by atomic mass is 32.2. The second-order valence-corrected chi connectivity index (χ2v) is 6.92. The molecule has 0 spiro atoms. The lowest BCUT2D eigenvalue weighted by molar-refractivity contribution is -0.130. The minimum absolute atomic E-state index is 0.150. The third-order valence-corrected chi connectivity index (χ3v) is 4.66. The van der Waals surface area contributed by atoms with Crippen molar-refractivity contribution in [1.82, 2.24) is 10.2 Å². The summed E-state index contributed by atoms with van der Waals surface area (Å²) in [4.78, 5) is 14.8. The number of thioether (sulfide) groups is 1. The van der Waals surface area contributed by atoms with Crippen LogP contribution in [0.1, 0.15) is 38.3 Å². The molecule has 2 unspecified atom stereocenters. The van der Waals surface area contributed by atoms with E-state index in [0.29, 0.717) is 5.92 Å². The second kappa shape index (κ2) is 7.85. The summed E-state index contributed by atoms with van der Waals surface area (Å²) in [5.74, 6) is 1.82. The number of benzene rings is 1. The number of carbonyl (C=O) groups is 1. The maximum absolute atomic E-state index is 12.7. The number of hydrogen-bond acceptors (Lipinski definition) is 3. The average Bonchev–Trinajstić information content (AvgIpc) is 2.82. The quantitative estimate of drug-likeness (QED) is 0.785. The summed E-state index contributed by atoms with van der Waals surface area (Å²) in [5, 5.41) is 3.52. The van der Waals surface area contributed by atoms with Crippen molar-refractivity contribution in [3.8, 4) is 0 Å². The Morgan fingerprint density at radius 3 is 2.57 bits per heavy atom. The van der Waals surface area contributed by atoms with E-state index in [2.05, 4.69) is 25.4 Å². The summed E-state index contributed by atoms with van der Waals surface area (Å²) in [6, 6.07) is 9.86. The first kappa shape index (κ1) is 16.4. The fourth-order valence-electron chi connectivity index (χ4n) is 2.85. The molecule has 1 heterocycles. The topological polar surface area (TPSA) is 32.3 Å². The molecule has 0 saturated carbocycles. The number of nitrogens with one attached hydrogen (secondary N) is 1. The molecule has 2 atom stereocenters. The molecule has 21 heavy (non-hydrogen) atoms. The molecule has 1 aliphatic heterocycles. The van der Waals surface area contributed by atoms with Gasteiger partial charge in [-0.25, -0.2) is 0 Å². The number of rotatable bonds is 7. The van der Waals surface area contributed by atoms with Gasteiger partial charge < -0.3 is 4.90 Å². The fraction of sp³-hybridized carbons (Fsp3) is 0.588. The van der Waals surface area contributed by atoms with Crippen LogP contribution >= 0.6 is 11.8 Å². The lowest BCUT2D eigenvalue weighted by Gasteiger charge is -2.27. The molecule has 1 aliphatic rings. The lowest BCUT2D eigenvalue weighted by atomic mass is 10.1. The van der Waals surface area contributed by atoms with Gasteiger partial charge in [0.1, 0.15) is 6.04 Å². The molecule has 3 nitrogen and oxygen atoms in total. The molecule has 1 aromatic rings. The molecule has 116 valence electrons. The van der Waals surface area contributed by atoms with Crippen molar-refractivity contribution in [2.75, 3.05) is 18.6 Å². The van der Waals surface area contributed by atoms with Gasteiger partial charge in [0.25, 0.3) is 0 Å². The number of unbranched alkanes of at least 4 members (excludes halogenated alkanes) is 1. The molecule has 1 saturated heterocycles. The molecular formula is C17H26N2OS. The van der Waals surface area contributed by atoms with Crippen LogP contribution in [-0.2, 0) is 4.79 Å². The Balaban J connectivity index is 2.06. The van der Waals surface area contributed by atoms with E-state index in [1.807, 2.05) is 47.0 Å². The van der Waals surface area contributed by atoms with Crippen molar-refractivity contribution in [3.05, 3.63) is 35.9 Å². The van der Waals surface area contributed by atoms with Gasteiger partial charge >= 0.3 is 0 Å². The van der Waals surface area contributed by atoms with Crippen LogP contribution in [0.4, 0.5) is 0 Å². The molecule has 0 radical (unpaired) electrons. The van der Waals surface area contributed by atoms with Crippen molar-refractivity contribution in [1.29, 1.82) is 0 Å². The zero-order valence-electron chi connectivity index (χ0n) is 13.2. The largest absolute Gasteiger partial charge is 0.325 e. The summed E-state index contributed by atoms with van der Waals surface area (Å²) in [6.07, 6.45) is 4.53. The normalized spacial score (nSPS) is 22.3. The van der Waals surface area contributed by atoms with Crippen LogP contribution < -0.4 is 5.32 Å². The highest BCUT2D eigenvalue weighted by Gasteiger charge is 2.40. The number of amides is 1. The van der Waals surface area contributed by atoms with Crippen LogP contribution in [0.3, 0.4) is 0 Å². The molecule has 2 rings (SSSR count). The second-order valence-electron chi connectivity index (χ2n) is 5.93. The molecule has 0 aromatic heterocycles. The van der Waals surface area contributed by atoms with Gasteiger partial charge in [0.05, 0.1) is 6.17 Å². The Hall–Kier alpha value is -1.00. The van der Waals surface area contributed by atoms with Gasteiger partial charge in [-0.3, -0.25) is 10.1 Å². The maximum Gasteiger partial charge on any atom is 0.245 e. The van der Waals surface area contributed by atoms with Crippen LogP contribution in [0, 0.1) is 5.92 Å². The van der Waals surface area contributed by atoms with E-state index in [-0.39, 0.29) is 18.1 Å². The van der Waals surface area contributed by atoms with Gasteiger partial charge in [-0.2, -0.15) is 11.8 Å². The Morgan fingerprint density at radius 1 is 1.24 bits per heavy atom. The highest BCUT2D eigenvalue weighted by Crippen LogP contribution is 2.27. The number of nitrogens with zero attached hydrogens (tertiary/aromatic N) is 1. The Morgan fingerprint density at radius 2 is 1.95 bits per heavy atom. The van der Waals surface area contributed by atoms with Crippen LogP contribution in [0.5, 0.6) is 0 Å². The molecule has 1 amide bonds. The molecule has 1 fully saturated rings. The molecule has 0 aliphatic carbocycles. The predicted octanol–water partition coefficient (Wildman–Crippen LogP) is 3.28. The van der Waals surface area contributed by atoms with Crippen LogP contribution in [0.2, 0.25) is 0 Å². The molecular weight excluding hydrogens is 280 g/mol. The Kier molecular flexibility index (Phi) is 6.12. The van der Waals surface area contributed by atoms with Crippen LogP contribution in [0.15, 0.2) is 30.3 Å². The van der Waals surface area contributed by atoms with E-state index in [1.54, 1.807) is 0 Å². The van der Waals surface area contributed by atoms with Gasteiger partial charge in [0.2, 0.25) is 5.91 Å². The molecule has 1 aromatic carbocycles. The van der Waals surface area contributed by atoms with Gasteiger partial charge in [0.15, 0.2) is 0 Å². The third kappa shape index (κ3) is 4.01. The highest BCUT2D eigenvalue weighted by molar-refractivity contribution is 7.98. The molecule has 1 N–H and O–H groups in total. The average molecular weight is 306 g/mol. The summed E-state index contributed by atoms with van der Waals surface area (Å²) >= 11 is 1.87. The summed E-state index contributed by atoms with van der Waals surface area (Å²) < 4.78 is 0. The van der Waals surface area contributed by atoms with Gasteiger partial charge in [-0.05, 0) is 36.3 Å². The van der Waals surface area contributed by atoms with Crippen LogP contribution in [0.25, 0.3) is 0 Å². The summed E-state index contributed by atoms with van der Waals surface area (Å²) in [7, 11) is 0. The van der Waals surface area contributed by atoms with E-state index in [1.165, 1.54) is 12.2 Å². The Labute approximate surface area is 132 Å². The fourth-order valence-corrected chi connectivity index (χ4v) is 3.34. The summed E-state index contributed by atoms with van der Waals surface area (Å²) in [5.41, 5.74) is 1.07. The predicted molar refractivity (Wildman–Crippen MR) is 90.3 cm³/mol. The van der Waals surface area contributed by atoms with E-state index in [0.717, 1.165) is 18.5 Å². The molecule has 4 heteroatoms. The SMILES string of the molecule is CSCCCCN1C(=O)C(c2ccccc2)NC1C(C)C. The lowest BCUT2D eigenvalue weighted by Crippen LogP contribution is -2.41. The zero-order valence-corrected chi connectivity index (χ0v) is 14.0. The third-order valence-electron chi connectivity index (χ3n) is 3.97. The first-order valence-corrected chi connectivity index (χ1v) is 9.15. The van der Waals surface area contributed by atoms with E-state index in [9.17, 15) is 4.79 Å². The standard InChI is InChI=1S/C17H26N2OS/c1-13(2)16-18-15(14-9-5-4-6-10-14)17(20)19(16)11-7-8-12-21-3/h4-6,9-10,13,15-16,18H,7-8,11-12H2,1-3H3. The van der Waals surface area contributed by atoms with Crippen molar-refractivity contribution in [2.45, 2.75) is 38.9 Å². The maximum atomic E-state index is 12.7. The first-order chi connectivity index (χ1) is 10.1. The Bertz CT molecular complexity index is 449. The number of hydrogen-bond donors (Lipinski definition) is 1. The smallest absolute Gasteiger partial charge is 0.245 e. The minimum Gasteiger partial charge on any atom is -0.325 e. The van der Waals surface area contributed by atoms with E-state index < -0.39 is 0 Å². The zero-order chi connectivity index (χ0) is 15.2. The van der Waals surface area contributed by atoms with Gasteiger partial charge in [0, 0.05) is 6.54 Å². The molecule has 0 bridgehead atoms. The van der Waals surface area contributed by atoms with E-state index in [4.69, 9.17) is 0 Å². The van der Waals surface area contributed by atoms with Gasteiger partial charge in [-0.1, -0.05) is 44.2 Å². The van der Waals surface area contributed by atoms with Crippen molar-refractivity contribution < 1.29 is 4.79 Å². The van der Waals surface area contributed by atoms with Crippen molar-refractivity contribution >= 4 is 17.7 Å².